The summed E-state index contributed by atoms with van der Waals surface area (Å²) < 4.78 is 5.11. The fourth-order valence-corrected chi connectivity index (χ4v) is 3.07. The number of hydrogen-bond acceptors (Lipinski definition) is 1. The molecule has 1 rings (SSSR count). The Morgan fingerprint density at radius 2 is 1.38 bits per heavy atom. The highest BCUT2D eigenvalue weighted by molar-refractivity contribution is 5.04. The molecule has 0 amide bonds. The normalized spacial score (nSPS) is 14.5. The van der Waals surface area contributed by atoms with Gasteiger partial charge in [0.2, 0.25) is 0 Å². The number of hydrogen-bond donors (Lipinski definition) is 0. The molecule has 0 bridgehead atoms. The molecule has 0 aliphatic carbocycles. The van der Waals surface area contributed by atoms with Crippen molar-refractivity contribution >= 4 is 0 Å². The summed E-state index contributed by atoms with van der Waals surface area (Å²) >= 11 is 0. The highest BCUT2D eigenvalue weighted by Gasteiger charge is 2.06. The molecule has 0 fully saturated rings. The molecule has 0 N–H and O–H groups in total. The smallest absolute Gasteiger partial charge is 0.0934 e. The van der Waals surface area contributed by atoms with Gasteiger partial charge in [0.15, 0.2) is 0 Å². The van der Waals surface area contributed by atoms with E-state index < -0.39 is 0 Å². The lowest BCUT2D eigenvalue weighted by Crippen LogP contribution is -2.00. The topological polar surface area (TPSA) is 13.1 Å². The Hall–Kier alpha value is -0.720. The largest absolute Gasteiger partial charge is 0.472 e. The maximum absolute atomic E-state index is 5.11. The first kappa shape index (κ1) is 18.3. The monoisotopic (exact) mass is 292 g/mol. The van der Waals surface area contributed by atoms with Crippen LogP contribution < -0.4 is 0 Å². The first-order valence-corrected chi connectivity index (χ1v) is 9.09. The van der Waals surface area contributed by atoms with Crippen molar-refractivity contribution in [2.45, 2.75) is 85.5 Å². The van der Waals surface area contributed by atoms with Crippen molar-refractivity contribution in [1.82, 2.24) is 0 Å². The van der Waals surface area contributed by atoms with Crippen LogP contribution in [0.2, 0.25) is 0 Å². The lowest BCUT2D eigenvalue weighted by Gasteiger charge is -2.14. The van der Waals surface area contributed by atoms with Crippen molar-refractivity contribution in [3.63, 3.8) is 0 Å². The van der Waals surface area contributed by atoms with E-state index in [9.17, 15) is 0 Å². The summed E-state index contributed by atoms with van der Waals surface area (Å²) in [4.78, 5) is 0. The fraction of sp³-hybridized carbons (Fsp3) is 0.800. The van der Waals surface area contributed by atoms with Gasteiger partial charge >= 0.3 is 0 Å². The lowest BCUT2D eigenvalue weighted by atomic mass is 9.92. The predicted molar refractivity (Wildman–Crippen MR) is 92.5 cm³/mol. The zero-order valence-electron chi connectivity index (χ0n) is 14.7. The second-order valence-corrected chi connectivity index (χ2v) is 7.49. The Balaban J connectivity index is 1.95. The quantitative estimate of drug-likeness (QED) is 0.409. The van der Waals surface area contributed by atoms with Gasteiger partial charge in [-0.2, -0.15) is 0 Å². The minimum Gasteiger partial charge on any atom is -0.472 e. The molecule has 0 saturated carbocycles. The molecule has 1 aromatic rings. The summed E-state index contributed by atoms with van der Waals surface area (Å²) in [6, 6.07) is 2.09. The molecule has 21 heavy (non-hydrogen) atoms. The lowest BCUT2D eigenvalue weighted by molar-refractivity contribution is 0.389. The van der Waals surface area contributed by atoms with E-state index in [1.807, 2.05) is 6.26 Å². The van der Waals surface area contributed by atoms with Gasteiger partial charge in [-0.15, -0.1) is 0 Å². The Bertz CT molecular complexity index is 326. The molecule has 0 saturated heterocycles. The number of rotatable bonds is 12. The number of aryl methyl sites for hydroxylation is 1. The maximum Gasteiger partial charge on any atom is 0.0934 e. The van der Waals surface area contributed by atoms with E-state index in [1.54, 1.807) is 6.26 Å². The first-order valence-electron chi connectivity index (χ1n) is 9.09. The van der Waals surface area contributed by atoms with Crippen LogP contribution in [0.5, 0.6) is 0 Å². The second-order valence-electron chi connectivity index (χ2n) is 7.49. The van der Waals surface area contributed by atoms with Gasteiger partial charge in [-0.25, -0.2) is 0 Å². The van der Waals surface area contributed by atoms with Gasteiger partial charge in [-0.1, -0.05) is 72.6 Å². The second kappa shape index (κ2) is 10.9. The summed E-state index contributed by atoms with van der Waals surface area (Å²) in [6.45, 7) is 9.51. The highest BCUT2D eigenvalue weighted by Crippen LogP contribution is 2.21. The predicted octanol–water partition coefficient (Wildman–Crippen LogP) is 6.87. The molecule has 0 aliphatic rings. The summed E-state index contributed by atoms with van der Waals surface area (Å²) in [5.74, 6) is 2.66. The Labute approximate surface area is 132 Å². The van der Waals surface area contributed by atoms with Gasteiger partial charge in [0.05, 0.1) is 12.5 Å². The van der Waals surface area contributed by atoms with Crippen LogP contribution in [-0.4, -0.2) is 0 Å². The molecule has 0 aromatic carbocycles. The summed E-state index contributed by atoms with van der Waals surface area (Å²) in [7, 11) is 0. The molecule has 122 valence electrons. The summed E-state index contributed by atoms with van der Waals surface area (Å²) in [6.07, 6.45) is 16.0. The standard InChI is InChI=1S/C20H36O/c1-17(2)8-5-9-18(3)10-6-11-19(4)12-7-13-20-14-15-21-16-20/h14-19H,5-13H2,1-4H3. The summed E-state index contributed by atoms with van der Waals surface area (Å²) in [5.41, 5.74) is 1.35. The van der Waals surface area contributed by atoms with Crippen LogP contribution in [0.25, 0.3) is 0 Å². The van der Waals surface area contributed by atoms with Gasteiger partial charge in [-0.3, -0.25) is 0 Å². The van der Waals surface area contributed by atoms with Crippen molar-refractivity contribution in [1.29, 1.82) is 0 Å². The van der Waals surface area contributed by atoms with E-state index in [0.717, 1.165) is 17.8 Å². The third kappa shape index (κ3) is 9.77. The summed E-state index contributed by atoms with van der Waals surface area (Å²) in [5, 5.41) is 0. The zero-order chi connectivity index (χ0) is 15.5. The number of furan rings is 1. The Morgan fingerprint density at radius 3 is 1.90 bits per heavy atom. The third-order valence-corrected chi connectivity index (χ3v) is 4.61. The minimum atomic E-state index is 0.868. The van der Waals surface area contributed by atoms with Crippen LogP contribution in [0.3, 0.4) is 0 Å². The van der Waals surface area contributed by atoms with Gasteiger partial charge in [0.25, 0.3) is 0 Å². The molecule has 1 nitrogen and oxygen atoms in total. The van der Waals surface area contributed by atoms with Crippen LogP contribution in [-0.2, 0) is 6.42 Å². The molecule has 2 atom stereocenters. The highest BCUT2D eigenvalue weighted by atomic mass is 16.3. The van der Waals surface area contributed by atoms with Crippen LogP contribution in [0, 0.1) is 17.8 Å². The van der Waals surface area contributed by atoms with Gasteiger partial charge in [0.1, 0.15) is 0 Å². The Morgan fingerprint density at radius 1 is 0.810 bits per heavy atom. The molecule has 1 aromatic heterocycles. The molecule has 2 unspecified atom stereocenters. The van der Waals surface area contributed by atoms with Crippen molar-refractivity contribution < 1.29 is 4.42 Å². The fourth-order valence-electron chi connectivity index (χ4n) is 3.07. The van der Waals surface area contributed by atoms with E-state index in [1.165, 1.54) is 63.4 Å². The molecule has 1 heteroatoms. The Kier molecular flexibility index (Phi) is 9.54. The maximum atomic E-state index is 5.11. The van der Waals surface area contributed by atoms with Gasteiger partial charge < -0.3 is 4.42 Å². The minimum absolute atomic E-state index is 0.868. The van der Waals surface area contributed by atoms with Crippen LogP contribution in [0.4, 0.5) is 0 Å². The van der Waals surface area contributed by atoms with E-state index in [2.05, 4.69) is 33.8 Å². The zero-order valence-corrected chi connectivity index (χ0v) is 14.7. The van der Waals surface area contributed by atoms with E-state index in [-0.39, 0.29) is 0 Å². The molecule has 0 aliphatic heterocycles. The van der Waals surface area contributed by atoms with Crippen molar-refractivity contribution in [2.24, 2.45) is 17.8 Å². The molecular weight excluding hydrogens is 256 g/mol. The average Bonchev–Trinajstić information content (AvgIpc) is 2.91. The SMILES string of the molecule is CC(C)CCCC(C)CCCC(C)CCCc1ccoc1. The van der Waals surface area contributed by atoms with Crippen LogP contribution >= 0.6 is 0 Å². The van der Waals surface area contributed by atoms with E-state index >= 15 is 0 Å². The van der Waals surface area contributed by atoms with Gasteiger partial charge in [-0.05, 0) is 42.2 Å². The van der Waals surface area contributed by atoms with Crippen molar-refractivity contribution in [2.75, 3.05) is 0 Å². The first-order chi connectivity index (χ1) is 10.1. The molecular formula is C20H36O. The van der Waals surface area contributed by atoms with Crippen LogP contribution in [0.1, 0.15) is 84.6 Å². The van der Waals surface area contributed by atoms with Crippen molar-refractivity contribution in [3.05, 3.63) is 24.2 Å². The van der Waals surface area contributed by atoms with Gasteiger partial charge in [0, 0.05) is 0 Å². The van der Waals surface area contributed by atoms with E-state index in [0.29, 0.717) is 0 Å². The average molecular weight is 293 g/mol. The van der Waals surface area contributed by atoms with Crippen LogP contribution in [0.15, 0.2) is 23.0 Å². The van der Waals surface area contributed by atoms with E-state index in [4.69, 9.17) is 4.42 Å². The third-order valence-electron chi connectivity index (χ3n) is 4.61. The molecule has 0 radical (unpaired) electrons. The van der Waals surface area contributed by atoms with Crippen molar-refractivity contribution in [3.8, 4) is 0 Å². The molecule has 1 heterocycles. The molecule has 0 spiro atoms.